The minimum Gasteiger partial charge on any atom is -0.383 e. The molecule has 12 heteroatoms. The van der Waals surface area contributed by atoms with Gasteiger partial charge in [0.2, 0.25) is 10.0 Å². The predicted molar refractivity (Wildman–Crippen MR) is 134 cm³/mol. The molecule has 0 radical (unpaired) electrons. The van der Waals surface area contributed by atoms with Gasteiger partial charge in [-0.3, -0.25) is 0 Å². The molecule has 0 spiro atoms. The standard InChI is InChI=1S/C26H28F4N4O3S/c1-37-16-14-33-38(35,36)21-11-4-18(5-12-21)6-13-22-24(27)25(32-17-31-22)34-15-2-3-23(34)19-7-9-20(10-8-19)26(28,29)30/h4-5,7-12,17,23,33H,2-3,6,13-16H2,1H3/t23-/m1/s1. The molecule has 1 fully saturated rings. The highest BCUT2D eigenvalue weighted by molar-refractivity contribution is 7.89. The van der Waals surface area contributed by atoms with Gasteiger partial charge in [0, 0.05) is 20.2 Å². The van der Waals surface area contributed by atoms with E-state index in [-0.39, 0.29) is 42.0 Å². The van der Waals surface area contributed by atoms with Crippen LogP contribution in [0.25, 0.3) is 0 Å². The first kappa shape index (κ1) is 27.9. The number of rotatable bonds is 10. The quantitative estimate of drug-likeness (QED) is 0.290. The lowest BCUT2D eigenvalue weighted by molar-refractivity contribution is -0.137. The van der Waals surface area contributed by atoms with Gasteiger partial charge in [0.25, 0.3) is 0 Å². The van der Waals surface area contributed by atoms with E-state index in [1.54, 1.807) is 17.0 Å². The summed E-state index contributed by atoms with van der Waals surface area (Å²) in [7, 11) is -2.17. The van der Waals surface area contributed by atoms with Crippen LogP contribution in [0.15, 0.2) is 59.8 Å². The van der Waals surface area contributed by atoms with E-state index < -0.39 is 27.6 Å². The third-order valence-corrected chi connectivity index (χ3v) is 7.95. The number of ether oxygens (including phenoxy) is 1. The molecule has 1 aromatic heterocycles. The number of alkyl halides is 3. The Labute approximate surface area is 218 Å². The molecule has 1 aliphatic heterocycles. The summed E-state index contributed by atoms with van der Waals surface area (Å²) >= 11 is 0. The number of aromatic nitrogens is 2. The van der Waals surface area contributed by atoms with Gasteiger partial charge >= 0.3 is 6.18 Å². The molecule has 204 valence electrons. The van der Waals surface area contributed by atoms with Crippen molar-refractivity contribution in [3.8, 4) is 0 Å². The van der Waals surface area contributed by atoms with Crippen molar-refractivity contribution in [3.63, 3.8) is 0 Å². The highest BCUT2D eigenvalue weighted by atomic mass is 32.2. The van der Waals surface area contributed by atoms with Gasteiger partial charge in [0.15, 0.2) is 11.6 Å². The molecule has 38 heavy (non-hydrogen) atoms. The molecule has 1 aliphatic rings. The van der Waals surface area contributed by atoms with Crippen LogP contribution in [0.3, 0.4) is 0 Å². The van der Waals surface area contributed by atoms with Gasteiger partial charge < -0.3 is 9.64 Å². The van der Waals surface area contributed by atoms with Gasteiger partial charge in [0.1, 0.15) is 6.33 Å². The molecule has 7 nitrogen and oxygen atoms in total. The summed E-state index contributed by atoms with van der Waals surface area (Å²) < 4.78 is 86.3. The maximum atomic E-state index is 15.5. The second-order valence-electron chi connectivity index (χ2n) is 8.96. The minimum absolute atomic E-state index is 0.121. The van der Waals surface area contributed by atoms with Crippen LogP contribution in [0.2, 0.25) is 0 Å². The Bertz CT molecular complexity index is 1330. The van der Waals surface area contributed by atoms with Crippen LogP contribution < -0.4 is 9.62 Å². The van der Waals surface area contributed by atoms with Crippen molar-refractivity contribution in [1.29, 1.82) is 0 Å². The van der Waals surface area contributed by atoms with E-state index in [9.17, 15) is 21.6 Å². The van der Waals surface area contributed by atoms with E-state index in [0.29, 0.717) is 24.9 Å². The molecule has 0 bridgehead atoms. The van der Waals surface area contributed by atoms with Gasteiger partial charge in [-0.05, 0) is 61.1 Å². The van der Waals surface area contributed by atoms with Crippen LogP contribution in [-0.2, 0) is 33.8 Å². The van der Waals surface area contributed by atoms with E-state index in [4.69, 9.17) is 4.74 Å². The van der Waals surface area contributed by atoms with Crippen LogP contribution in [0.4, 0.5) is 23.4 Å². The number of halogens is 4. The number of nitrogens with zero attached hydrogens (tertiary/aromatic N) is 3. The summed E-state index contributed by atoms with van der Waals surface area (Å²) in [5.74, 6) is -0.436. The molecule has 0 aliphatic carbocycles. The smallest absolute Gasteiger partial charge is 0.383 e. The van der Waals surface area contributed by atoms with E-state index in [1.807, 2.05) is 0 Å². The number of anilines is 1. The normalized spacial score (nSPS) is 16.2. The average Bonchev–Trinajstić information content (AvgIpc) is 3.38. The molecule has 1 atom stereocenters. The van der Waals surface area contributed by atoms with Crippen LogP contribution in [-0.4, -0.2) is 45.2 Å². The Morgan fingerprint density at radius 1 is 1.05 bits per heavy atom. The Morgan fingerprint density at radius 3 is 2.42 bits per heavy atom. The fourth-order valence-corrected chi connectivity index (χ4v) is 5.50. The van der Waals surface area contributed by atoms with E-state index in [0.717, 1.165) is 24.1 Å². The third kappa shape index (κ3) is 6.48. The van der Waals surface area contributed by atoms with Crippen LogP contribution >= 0.6 is 0 Å². The number of aryl methyl sites for hydroxylation is 2. The molecule has 3 aromatic rings. The average molecular weight is 553 g/mol. The summed E-state index contributed by atoms with van der Waals surface area (Å²) in [6, 6.07) is 11.0. The first-order valence-corrected chi connectivity index (χ1v) is 13.6. The Kier molecular flexibility index (Phi) is 8.64. The second kappa shape index (κ2) is 11.7. The number of nitrogens with one attached hydrogen (secondary N) is 1. The van der Waals surface area contributed by atoms with Gasteiger partial charge in [-0.2, -0.15) is 13.2 Å². The summed E-state index contributed by atoms with van der Waals surface area (Å²) in [6.07, 6.45) is -1.03. The molecular formula is C26H28F4N4O3S. The van der Waals surface area contributed by atoms with Crippen molar-refractivity contribution in [1.82, 2.24) is 14.7 Å². The second-order valence-corrected chi connectivity index (χ2v) is 10.7. The zero-order valence-electron chi connectivity index (χ0n) is 20.7. The first-order chi connectivity index (χ1) is 18.1. The highest BCUT2D eigenvalue weighted by Crippen LogP contribution is 2.38. The summed E-state index contributed by atoms with van der Waals surface area (Å²) in [5.41, 5.74) is 0.964. The minimum atomic E-state index is -4.42. The topological polar surface area (TPSA) is 84.4 Å². The molecule has 0 saturated carbocycles. The number of benzene rings is 2. The molecule has 2 heterocycles. The fraction of sp³-hybridized carbons (Fsp3) is 0.385. The zero-order valence-corrected chi connectivity index (χ0v) is 21.5. The van der Waals surface area contributed by atoms with Crippen molar-refractivity contribution in [2.24, 2.45) is 0 Å². The van der Waals surface area contributed by atoms with E-state index >= 15 is 4.39 Å². The zero-order chi connectivity index (χ0) is 27.3. The Morgan fingerprint density at radius 2 is 1.76 bits per heavy atom. The van der Waals surface area contributed by atoms with Gasteiger partial charge in [0.05, 0.1) is 28.8 Å². The predicted octanol–water partition coefficient (Wildman–Crippen LogP) is 4.69. The summed E-state index contributed by atoms with van der Waals surface area (Å²) in [6.45, 7) is 0.937. The van der Waals surface area contributed by atoms with Gasteiger partial charge in [-0.15, -0.1) is 0 Å². The summed E-state index contributed by atoms with van der Waals surface area (Å²) in [4.78, 5) is 10.2. The SMILES string of the molecule is COCCNS(=O)(=O)c1ccc(CCc2ncnc(N3CCC[C@@H]3c3ccc(C(F)(F)F)cc3)c2F)cc1. The van der Waals surface area contributed by atoms with Crippen molar-refractivity contribution in [3.05, 3.63) is 83.1 Å². The molecule has 0 unspecified atom stereocenters. The lowest BCUT2D eigenvalue weighted by Gasteiger charge is -2.27. The molecule has 4 rings (SSSR count). The number of hydrogen-bond acceptors (Lipinski definition) is 6. The maximum absolute atomic E-state index is 15.5. The monoisotopic (exact) mass is 552 g/mol. The molecule has 1 N–H and O–H groups in total. The number of hydrogen-bond donors (Lipinski definition) is 1. The largest absolute Gasteiger partial charge is 0.416 e. The van der Waals surface area contributed by atoms with Crippen molar-refractivity contribution < 1.29 is 30.7 Å². The third-order valence-electron chi connectivity index (χ3n) is 6.47. The maximum Gasteiger partial charge on any atom is 0.416 e. The fourth-order valence-electron chi connectivity index (χ4n) is 4.49. The Balaban J connectivity index is 1.45. The van der Waals surface area contributed by atoms with Crippen molar-refractivity contribution in [2.45, 2.75) is 42.8 Å². The Hall–Kier alpha value is -3.09. The molecule has 1 saturated heterocycles. The molecule has 0 amide bonds. The van der Waals surface area contributed by atoms with E-state index in [2.05, 4.69) is 14.7 Å². The molecular weight excluding hydrogens is 524 g/mol. The lowest BCUT2D eigenvalue weighted by atomic mass is 10.0. The van der Waals surface area contributed by atoms with Gasteiger partial charge in [-0.25, -0.2) is 27.5 Å². The van der Waals surface area contributed by atoms with Crippen molar-refractivity contribution >= 4 is 15.8 Å². The van der Waals surface area contributed by atoms with Crippen LogP contribution in [0, 0.1) is 5.82 Å². The number of sulfonamides is 1. The lowest BCUT2D eigenvalue weighted by Crippen LogP contribution is -2.27. The number of methoxy groups -OCH3 is 1. The van der Waals surface area contributed by atoms with E-state index in [1.165, 1.54) is 37.7 Å². The molecule has 2 aromatic carbocycles. The van der Waals surface area contributed by atoms with Gasteiger partial charge in [-0.1, -0.05) is 24.3 Å². The van der Waals surface area contributed by atoms with Crippen LogP contribution in [0.1, 0.15) is 41.3 Å². The van der Waals surface area contributed by atoms with Crippen LogP contribution in [0.5, 0.6) is 0 Å². The first-order valence-electron chi connectivity index (χ1n) is 12.1. The van der Waals surface area contributed by atoms with Crippen molar-refractivity contribution in [2.75, 3.05) is 31.7 Å². The highest BCUT2D eigenvalue weighted by Gasteiger charge is 2.33. The summed E-state index contributed by atoms with van der Waals surface area (Å²) in [5, 5.41) is 0.